The molecule has 1 aromatic carbocycles. The van der Waals surface area contributed by atoms with Gasteiger partial charge in [-0.1, -0.05) is 18.2 Å². The van der Waals surface area contributed by atoms with Gasteiger partial charge in [-0.2, -0.15) is 0 Å². The van der Waals surface area contributed by atoms with Crippen LogP contribution < -0.4 is 10.2 Å². The Morgan fingerprint density at radius 1 is 1.47 bits per heavy atom. The summed E-state index contributed by atoms with van der Waals surface area (Å²) in [7, 11) is 0. The number of benzene rings is 1. The third-order valence-corrected chi connectivity index (χ3v) is 4.02. The molecule has 3 rings (SSSR count). The number of amides is 1. The van der Waals surface area contributed by atoms with E-state index in [2.05, 4.69) is 18.3 Å². The summed E-state index contributed by atoms with van der Waals surface area (Å²) in [4.78, 5) is 14.3. The lowest BCUT2D eigenvalue weighted by atomic mass is 10.0. The van der Waals surface area contributed by atoms with E-state index in [9.17, 15) is 4.79 Å². The van der Waals surface area contributed by atoms with Crippen LogP contribution in [0.25, 0.3) is 0 Å². The number of para-hydroxylation sites is 1. The summed E-state index contributed by atoms with van der Waals surface area (Å²) in [6, 6.07) is 8.34. The summed E-state index contributed by atoms with van der Waals surface area (Å²) < 4.78 is 5.75. The van der Waals surface area contributed by atoms with E-state index in [0.717, 1.165) is 25.2 Å². The van der Waals surface area contributed by atoms with Crippen molar-refractivity contribution < 1.29 is 9.53 Å². The van der Waals surface area contributed by atoms with E-state index in [1.54, 1.807) is 0 Å². The monoisotopic (exact) mass is 260 g/mol. The number of carbonyl (C=O) groups is 1. The summed E-state index contributed by atoms with van der Waals surface area (Å²) in [5.74, 6) is 0.0607. The van der Waals surface area contributed by atoms with Crippen LogP contribution in [-0.2, 0) is 16.0 Å². The lowest BCUT2D eigenvalue weighted by Crippen LogP contribution is -2.59. The Kier molecular flexibility index (Phi) is 3.07. The standard InChI is InChI=1S/C15H20N2O2/c1-11-7-12-5-3-4-6-13(12)17(11)14(18)8-19-15(2)9-16-10-15/h3-6,11,16H,7-10H2,1-2H3. The molecule has 19 heavy (non-hydrogen) atoms. The first-order chi connectivity index (χ1) is 9.09. The molecule has 2 aliphatic heterocycles. The zero-order valence-electron chi connectivity index (χ0n) is 11.5. The zero-order valence-corrected chi connectivity index (χ0v) is 11.5. The van der Waals surface area contributed by atoms with Crippen LogP contribution in [0.15, 0.2) is 24.3 Å². The van der Waals surface area contributed by atoms with Gasteiger partial charge >= 0.3 is 0 Å². The van der Waals surface area contributed by atoms with E-state index in [4.69, 9.17) is 4.74 Å². The van der Waals surface area contributed by atoms with Crippen LogP contribution in [0.2, 0.25) is 0 Å². The topological polar surface area (TPSA) is 41.6 Å². The summed E-state index contributed by atoms with van der Waals surface area (Å²) >= 11 is 0. The van der Waals surface area contributed by atoms with Crippen molar-refractivity contribution in [1.29, 1.82) is 0 Å². The van der Waals surface area contributed by atoms with Crippen molar-refractivity contribution in [3.63, 3.8) is 0 Å². The van der Waals surface area contributed by atoms with Gasteiger partial charge in [0.15, 0.2) is 0 Å². The Labute approximate surface area is 113 Å². The lowest BCUT2D eigenvalue weighted by Gasteiger charge is -2.39. The molecule has 1 fully saturated rings. The largest absolute Gasteiger partial charge is 0.363 e. The van der Waals surface area contributed by atoms with Crippen LogP contribution in [0.1, 0.15) is 19.4 Å². The van der Waals surface area contributed by atoms with Crippen LogP contribution in [0, 0.1) is 0 Å². The SMILES string of the molecule is CC1Cc2ccccc2N1C(=O)COC1(C)CNC1. The predicted octanol–water partition coefficient (Wildman–Crippen LogP) is 1.34. The number of hydrogen-bond donors (Lipinski definition) is 1. The van der Waals surface area contributed by atoms with Crippen molar-refractivity contribution in [2.45, 2.75) is 31.9 Å². The van der Waals surface area contributed by atoms with Gasteiger partial charge in [0.05, 0.1) is 5.60 Å². The summed E-state index contributed by atoms with van der Waals surface area (Å²) in [6.45, 7) is 5.94. The Morgan fingerprint density at radius 2 is 2.21 bits per heavy atom. The average Bonchev–Trinajstić information content (AvgIpc) is 2.69. The minimum absolute atomic E-state index is 0.0607. The normalized spacial score (nSPS) is 23.9. The van der Waals surface area contributed by atoms with Crippen molar-refractivity contribution in [3.05, 3.63) is 29.8 Å². The smallest absolute Gasteiger partial charge is 0.253 e. The van der Waals surface area contributed by atoms with Gasteiger partial charge in [0.2, 0.25) is 0 Å². The van der Waals surface area contributed by atoms with Crippen LogP contribution in [0.5, 0.6) is 0 Å². The third-order valence-electron chi connectivity index (χ3n) is 4.02. The second kappa shape index (κ2) is 4.62. The second-order valence-corrected chi connectivity index (χ2v) is 5.79. The molecule has 102 valence electrons. The maximum Gasteiger partial charge on any atom is 0.253 e. The maximum absolute atomic E-state index is 12.4. The van der Waals surface area contributed by atoms with Crippen LogP contribution >= 0.6 is 0 Å². The van der Waals surface area contributed by atoms with Gasteiger partial charge < -0.3 is 15.0 Å². The third kappa shape index (κ3) is 2.26. The molecule has 1 atom stereocenters. The Morgan fingerprint density at radius 3 is 2.89 bits per heavy atom. The number of rotatable bonds is 3. The van der Waals surface area contributed by atoms with Crippen molar-refractivity contribution in [2.75, 3.05) is 24.6 Å². The molecule has 4 heteroatoms. The molecule has 2 heterocycles. The fourth-order valence-corrected chi connectivity index (χ4v) is 2.83. The number of hydrogen-bond acceptors (Lipinski definition) is 3. The summed E-state index contributed by atoms with van der Waals surface area (Å²) in [5, 5.41) is 3.17. The maximum atomic E-state index is 12.4. The molecule has 0 radical (unpaired) electrons. The van der Waals surface area contributed by atoms with E-state index in [-0.39, 0.29) is 24.2 Å². The van der Waals surface area contributed by atoms with Gasteiger partial charge in [-0.3, -0.25) is 4.79 Å². The Bertz CT molecular complexity index is 497. The fraction of sp³-hybridized carbons (Fsp3) is 0.533. The lowest BCUT2D eigenvalue weighted by molar-refractivity contribution is -0.133. The minimum atomic E-state index is -0.169. The zero-order chi connectivity index (χ0) is 13.5. The van der Waals surface area contributed by atoms with Gasteiger partial charge in [0.25, 0.3) is 5.91 Å². The van der Waals surface area contributed by atoms with E-state index in [1.807, 2.05) is 30.0 Å². The Balaban J connectivity index is 1.69. The quantitative estimate of drug-likeness (QED) is 0.892. The fourth-order valence-electron chi connectivity index (χ4n) is 2.83. The number of nitrogens with one attached hydrogen (secondary N) is 1. The molecule has 0 spiro atoms. The summed E-state index contributed by atoms with van der Waals surface area (Å²) in [6.07, 6.45) is 0.931. The van der Waals surface area contributed by atoms with Crippen LogP contribution in [0.4, 0.5) is 5.69 Å². The van der Waals surface area contributed by atoms with E-state index < -0.39 is 0 Å². The van der Waals surface area contributed by atoms with Crippen LogP contribution in [-0.4, -0.2) is 37.2 Å². The first-order valence-corrected chi connectivity index (χ1v) is 6.84. The van der Waals surface area contributed by atoms with E-state index >= 15 is 0 Å². The van der Waals surface area contributed by atoms with Crippen molar-refractivity contribution >= 4 is 11.6 Å². The molecule has 0 aromatic heterocycles. The van der Waals surface area contributed by atoms with Gasteiger partial charge in [-0.15, -0.1) is 0 Å². The predicted molar refractivity (Wildman–Crippen MR) is 74.3 cm³/mol. The van der Waals surface area contributed by atoms with Crippen molar-refractivity contribution in [2.24, 2.45) is 0 Å². The number of anilines is 1. The van der Waals surface area contributed by atoms with Gasteiger partial charge in [0.1, 0.15) is 6.61 Å². The number of carbonyl (C=O) groups excluding carboxylic acids is 1. The van der Waals surface area contributed by atoms with Crippen LogP contribution in [0.3, 0.4) is 0 Å². The van der Waals surface area contributed by atoms with Crippen molar-refractivity contribution in [3.8, 4) is 0 Å². The minimum Gasteiger partial charge on any atom is -0.363 e. The highest BCUT2D eigenvalue weighted by Crippen LogP contribution is 2.32. The summed E-state index contributed by atoms with van der Waals surface area (Å²) in [5.41, 5.74) is 2.12. The molecule has 1 unspecified atom stereocenters. The molecule has 0 aliphatic carbocycles. The van der Waals surface area contributed by atoms with E-state index in [1.165, 1.54) is 5.56 Å². The molecule has 0 bridgehead atoms. The molecular weight excluding hydrogens is 240 g/mol. The van der Waals surface area contributed by atoms with E-state index in [0.29, 0.717) is 0 Å². The average molecular weight is 260 g/mol. The Hall–Kier alpha value is -1.39. The van der Waals surface area contributed by atoms with Gasteiger partial charge in [0, 0.05) is 24.8 Å². The molecule has 0 saturated carbocycles. The highest BCUT2D eigenvalue weighted by Gasteiger charge is 2.35. The number of fused-ring (bicyclic) bond motifs is 1. The molecule has 1 amide bonds. The molecule has 1 aromatic rings. The van der Waals surface area contributed by atoms with Crippen molar-refractivity contribution in [1.82, 2.24) is 5.32 Å². The highest BCUT2D eigenvalue weighted by atomic mass is 16.5. The molecule has 2 aliphatic rings. The van der Waals surface area contributed by atoms with Gasteiger partial charge in [-0.25, -0.2) is 0 Å². The molecule has 1 N–H and O–H groups in total. The molecule has 1 saturated heterocycles. The first-order valence-electron chi connectivity index (χ1n) is 6.84. The number of ether oxygens (including phenoxy) is 1. The first kappa shape index (κ1) is 12.6. The molecular formula is C15H20N2O2. The second-order valence-electron chi connectivity index (χ2n) is 5.79. The molecule has 4 nitrogen and oxygen atoms in total. The van der Waals surface area contributed by atoms with Gasteiger partial charge in [-0.05, 0) is 31.9 Å². The number of nitrogens with zero attached hydrogens (tertiary/aromatic N) is 1. The highest BCUT2D eigenvalue weighted by molar-refractivity contribution is 5.97.